The third-order valence-corrected chi connectivity index (χ3v) is 9.17. The van der Waals surface area contributed by atoms with Crippen LogP contribution in [0.1, 0.15) is 71.6 Å². The lowest BCUT2D eigenvalue weighted by Gasteiger charge is -2.61. The van der Waals surface area contributed by atoms with Crippen LogP contribution in [0.2, 0.25) is 0 Å². The Labute approximate surface area is 172 Å². The highest BCUT2D eigenvalue weighted by Crippen LogP contribution is 2.66. The molecule has 0 radical (unpaired) electrons. The standard InChI is InChI=1S/C21H38N2O.2ClH/c1-20-9-7-15(24)13-14(20)3-4-16-17-5-6-19(23-12-11-22)21(17,2)10-8-18(16)20;;/h14-19,23-24H,3-13,22H2,1-2H3;2*1H/t14-,15-,16-,17-,18-,19-,20-,21-;;/m0../s1. The van der Waals surface area contributed by atoms with Gasteiger partial charge in [-0.2, -0.15) is 0 Å². The Morgan fingerprint density at radius 3 is 2.35 bits per heavy atom. The van der Waals surface area contributed by atoms with Crippen LogP contribution in [-0.2, 0) is 0 Å². The molecule has 8 atom stereocenters. The van der Waals surface area contributed by atoms with Crippen LogP contribution in [0.15, 0.2) is 0 Å². The summed E-state index contributed by atoms with van der Waals surface area (Å²) in [6.45, 7) is 6.89. The Morgan fingerprint density at radius 2 is 1.62 bits per heavy atom. The lowest BCUT2D eigenvalue weighted by Crippen LogP contribution is -2.56. The van der Waals surface area contributed by atoms with Gasteiger partial charge in [-0.05, 0) is 92.3 Å². The van der Waals surface area contributed by atoms with Crippen molar-refractivity contribution < 1.29 is 5.11 Å². The summed E-state index contributed by atoms with van der Waals surface area (Å²) in [5.41, 5.74) is 6.74. The maximum absolute atomic E-state index is 10.1. The number of aliphatic hydroxyl groups excluding tert-OH is 1. The number of fused-ring (bicyclic) bond motifs is 5. The minimum Gasteiger partial charge on any atom is -0.393 e. The largest absolute Gasteiger partial charge is 0.393 e. The van der Waals surface area contributed by atoms with E-state index in [1.807, 2.05) is 0 Å². The number of aliphatic hydroxyl groups is 1. The van der Waals surface area contributed by atoms with E-state index in [1.165, 1.54) is 44.9 Å². The average Bonchev–Trinajstić information content (AvgIpc) is 2.90. The number of nitrogens with two attached hydrogens (primary N) is 1. The molecule has 0 aromatic heterocycles. The molecule has 0 saturated heterocycles. The first-order chi connectivity index (χ1) is 11.5. The molecule has 0 spiro atoms. The van der Waals surface area contributed by atoms with E-state index in [2.05, 4.69) is 19.2 Å². The van der Waals surface area contributed by atoms with E-state index < -0.39 is 0 Å². The first kappa shape index (κ1) is 22.7. The van der Waals surface area contributed by atoms with Crippen LogP contribution in [0.25, 0.3) is 0 Å². The molecule has 3 nitrogen and oxygen atoms in total. The van der Waals surface area contributed by atoms with Crippen molar-refractivity contribution in [3.63, 3.8) is 0 Å². The zero-order valence-corrected chi connectivity index (χ0v) is 18.2. The molecule has 4 rings (SSSR count). The molecule has 5 heteroatoms. The Morgan fingerprint density at radius 1 is 0.923 bits per heavy atom. The highest BCUT2D eigenvalue weighted by atomic mass is 35.5. The highest BCUT2D eigenvalue weighted by molar-refractivity contribution is 5.85. The molecule has 26 heavy (non-hydrogen) atoms. The molecule has 4 fully saturated rings. The van der Waals surface area contributed by atoms with Crippen LogP contribution in [-0.4, -0.2) is 30.3 Å². The second kappa shape index (κ2) is 8.45. The fourth-order valence-corrected chi connectivity index (χ4v) is 7.83. The van der Waals surface area contributed by atoms with Gasteiger partial charge in [0, 0.05) is 19.1 Å². The second-order valence-corrected chi connectivity index (χ2v) is 10.0. The average molecular weight is 407 g/mol. The van der Waals surface area contributed by atoms with Gasteiger partial charge in [0.1, 0.15) is 0 Å². The summed E-state index contributed by atoms with van der Waals surface area (Å²) in [4.78, 5) is 0. The maximum Gasteiger partial charge on any atom is 0.0543 e. The zero-order valence-electron chi connectivity index (χ0n) is 16.6. The van der Waals surface area contributed by atoms with Crippen molar-refractivity contribution >= 4 is 24.8 Å². The van der Waals surface area contributed by atoms with E-state index in [9.17, 15) is 5.11 Å². The number of hydrogen-bond acceptors (Lipinski definition) is 3. The zero-order chi connectivity index (χ0) is 16.9. The third-order valence-electron chi connectivity index (χ3n) is 9.17. The molecule has 154 valence electrons. The van der Waals surface area contributed by atoms with Crippen molar-refractivity contribution in [2.75, 3.05) is 13.1 Å². The lowest BCUT2D eigenvalue weighted by atomic mass is 9.45. The maximum atomic E-state index is 10.1. The predicted molar refractivity (Wildman–Crippen MR) is 113 cm³/mol. The molecule has 0 aromatic rings. The van der Waals surface area contributed by atoms with Gasteiger partial charge in [0.15, 0.2) is 0 Å². The van der Waals surface area contributed by atoms with E-state index in [1.54, 1.807) is 0 Å². The molecule has 0 heterocycles. The minimum atomic E-state index is -0.0233. The lowest BCUT2D eigenvalue weighted by molar-refractivity contribution is -0.123. The van der Waals surface area contributed by atoms with Gasteiger partial charge in [0.25, 0.3) is 0 Å². The molecule has 4 saturated carbocycles. The summed E-state index contributed by atoms with van der Waals surface area (Å²) >= 11 is 0. The van der Waals surface area contributed by atoms with Gasteiger partial charge in [-0.1, -0.05) is 13.8 Å². The van der Waals surface area contributed by atoms with Crippen molar-refractivity contribution in [1.29, 1.82) is 0 Å². The molecule has 0 amide bonds. The van der Waals surface area contributed by atoms with Crippen molar-refractivity contribution in [3.05, 3.63) is 0 Å². The van der Waals surface area contributed by atoms with Crippen LogP contribution >= 0.6 is 24.8 Å². The fourth-order valence-electron chi connectivity index (χ4n) is 7.83. The molecule has 4 aliphatic carbocycles. The van der Waals surface area contributed by atoms with Crippen LogP contribution in [0.5, 0.6) is 0 Å². The third kappa shape index (κ3) is 3.45. The second-order valence-electron chi connectivity index (χ2n) is 10.0. The summed E-state index contributed by atoms with van der Waals surface area (Å²) in [6, 6.07) is 0.686. The van der Waals surface area contributed by atoms with E-state index in [0.29, 0.717) is 16.9 Å². The van der Waals surface area contributed by atoms with Crippen LogP contribution < -0.4 is 11.1 Å². The number of nitrogens with one attached hydrogen (secondary N) is 1. The van der Waals surface area contributed by atoms with Gasteiger partial charge in [-0.15, -0.1) is 24.8 Å². The van der Waals surface area contributed by atoms with Gasteiger partial charge >= 0.3 is 0 Å². The highest BCUT2D eigenvalue weighted by Gasteiger charge is 2.59. The van der Waals surface area contributed by atoms with Crippen molar-refractivity contribution in [2.24, 2.45) is 40.2 Å². The molecule has 0 bridgehead atoms. The van der Waals surface area contributed by atoms with Gasteiger partial charge in [-0.3, -0.25) is 0 Å². The first-order valence-electron chi connectivity index (χ1n) is 10.6. The quantitative estimate of drug-likeness (QED) is 0.659. The first-order valence-corrected chi connectivity index (χ1v) is 10.6. The van der Waals surface area contributed by atoms with Crippen LogP contribution in [0, 0.1) is 34.5 Å². The molecule has 0 aromatic carbocycles. The van der Waals surface area contributed by atoms with E-state index in [4.69, 9.17) is 5.73 Å². The van der Waals surface area contributed by atoms with Crippen LogP contribution in [0.4, 0.5) is 0 Å². The summed E-state index contributed by atoms with van der Waals surface area (Å²) in [7, 11) is 0. The molecule has 4 N–H and O–H groups in total. The smallest absolute Gasteiger partial charge is 0.0543 e. The Balaban J connectivity index is 0.00000121. The molecule has 0 unspecified atom stereocenters. The molecule has 4 aliphatic rings. The number of hydrogen-bond donors (Lipinski definition) is 3. The predicted octanol–water partition coefficient (Wildman–Crippen LogP) is 4.15. The van der Waals surface area contributed by atoms with Gasteiger partial charge in [0.05, 0.1) is 6.10 Å². The topological polar surface area (TPSA) is 58.3 Å². The van der Waals surface area contributed by atoms with Gasteiger partial charge in [0.2, 0.25) is 0 Å². The summed E-state index contributed by atoms with van der Waals surface area (Å²) < 4.78 is 0. The Bertz CT molecular complexity index is 479. The summed E-state index contributed by atoms with van der Waals surface area (Å²) in [6.07, 6.45) is 11.7. The summed E-state index contributed by atoms with van der Waals surface area (Å²) in [5.74, 6) is 3.54. The molecular formula is C21H40Cl2N2O. The van der Waals surface area contributed by atoms with Crippen molar-refractivity contribution in [1.82, 2.24) is 5.32 Å². The minimum absolute atomic E-state index is 0. The molecule has 0 aliphatic heterocycles. The van der Waals surface area contributed by atoms with Gasteiger partial charge < -0.3 is 16.2 Å². The normalized spacial score (nSPS) is 49.8. The van der Waals surface area contributed by atoms with Gasteiger partial charge in [-0.25, -0.2) is 0 Å². The number of rotatable bonds is 3. The number of halogens is 2. The van der Waals surface area contributed by atoms with E-state index in [0.717, 1.165) is 49.6 Å². The molecular weight excluding hydrogens is 367 g/mol. The van der Waals surface area contributed by atoms with Crippen molar-refractivity contribution in [2.45, 2.75) is 83.8 Å². The van der Waals surface area contributed by atoms with Crippen molar-refractivity contribution in [3.8, 4) is 0 Å². The Hall–Kier alpha value is 0.460. The monoisotopic (exact) mass is 406 g/mol. The fraction of sp³-hybridized carbons (Fsp3) is 1.00. The Kier molecular flexibility index (Phi) is 7.39. The van der Waals surface area contributed by atoms with E-state index >= 15 is 0 Å². The van der Waals surface area contributed by atoms with E-state index in [-0.39, 0.29) is 30.9 Å². The van der Waals surface area contributed by atoms with Crippen LogP contribution in [0.3, 0.4) is 0 Å². The summed E-state index contributed by atoms with van der Waals surface area (Å²) in [5, 5.41) is 13.9. The SMILES string of the molecule is C[C@]12CC[C@H](O)C[C@@H]1CC[C@@H]1[C@@H]2CC[C@]2(C)[C@@H](NCCN)CC[C@@H]12.Cl.Cl.